The predicted molar refractivity (Wildman–Crippen MR) is 98.5 cm³/mol. The van der Waals surface area contributed by atoms with Gasteiger partial charge < -0.3 is 9.72 Å². The molecule has 130 valence electrons. The van der Waals surface area contributed by atoms with Crippen LogP contribution in [0.2, 0.25) is 0 Å². The van der Waals surface area contributed by atoms with E-state index in [1.165, 1.54) is 32.1 Å². The second-order valence-corrected chi connectivity index (χ2v) is 6.03. The van der Waals surface area contributed by atoms with Gasteiger partial charge in [-0.05, 0) is 31.9 Å². The third kappa shape index (κ3) is 5.52. The lowest BCUT2D eigenvalue weighted by Gasteiger charge is -2.10. The Morgan fingerprint density at radius 1 is 1.04 bits per heavy atom. The van der Waals surface area contributed by atoms with E-state index in [0.29, 0.717) is 12.4 Å². The number of aryl methyl sites for hydroxylation is 1. The maximum absolute atomic E-state index is 12.0. The summed E-state index contributed by atoms with van der Waals surface area (Å²) in [6.45, 7) is 4.75. The number of rotatable bonds is 10. The van der Waals surface area contributed by atoms with Gasteiger partial charge in [0.05, 0.1) is 12.2 Å². The number of aromatic nitrogens is 2. The first-order valence-corrected chi connectivity index (χ1v) is 9.07. The van der Waals surface area contributed by atoms with Crippen molar-refractivity contribution in [2.24, 2.45) is 0 Å². The van der Waals surface area contributed by atoms with Crippen LogP contribution in [-0.2, 0) is 6.42 Å². The van der Waals surface area contributed by atoms with Crippen LogP contribution in [0.15, 0.2) is 35.1 Å². The molecule has 0 fully saturated rings. The lowest BCUT2D eigenvalue weighted by Crippen LogP contribution is -2.11. The smallest absolute Gasteiger partial charge is 0.251 e. The zero-order valence-corrected chi connectivity index (χ0v) is 14.8. The van der Waals surface area contributed by atoms with Crippen LogP contribution >= 0.6 is 0 Å². The summed E-state index contributed by atoms with van der Waals surface area (Å²) in [4.78, 5) is 19.5. The Labute approximate surface area is 144 Å². The average Bonchev–Trinajstić information content (AvgIpc) is 2.58. The number of nitrogens with one attached hydrogen (secondary N) is 1. The van der Waals surface area contributed by atoms with E-state index in [9.17, 15) is 4.79 Å². The van der Waals surface area contributed by atoms with Gasteiger partial charge in [-0.1, -0.05) is 51.2 Å². The highest BCUT2D eigenvalue weighted by atomic mass is 16.5. The molecule has 0 atom stereocenters. The lowest BCUT2D eigenvalue weighted by molar-refractivity contribution is 0.341. The molecule has 0 aliphatic rings. The molecule has 0 amide bonds. The Bertz CT molecular complexity index is 679. The Morgan fingerprint density at radius 2 is 1.79 bits per heavy atom. The maximum atomic E-state index is 12.0. The molecule has 0 unspecified atom stereocenters. The van der Waals surface area contributed by atoms with E-state index in [4.69, 9.17) is 4.74 Å². The summed E-state index contributed by atoms with van der Waals surface area (Å²) >= 11 is 0. The zero-order chi connectivity index (χ0) is 17.2. The highest BCUT2D eigenvalue weighted by Gasteiger charge is 2.09. The Hall–Kier alpha value is -2.10. The van der Waals surface area contributed by atoms with E-state index in [1.807, 2.05) is 31.2 Å². The van der Waals surface area contributed by atoms with Crippen molar-refractivity contribution < 1.29 is 4.74 Å². The molecule has 1 N–H and O–H groups in total. The first kappa shape index (κ1) is 18.2. The maximum Gasteiger partial charge on any atom is 0.251 e. The van der Waals surface area contributed by atoms with E-state index >= 15 is 0 Å². The number of unbranched alkanes of at least 4 members (excludes halogenated alkanes) is 5. The first-order valence-electron chi connectivity index (χ1n) is 9.07. The Kier molecular flexibility index (Phi) is 7.53. The standard InChI is InChI=1S/C20H28N2O2/c1-3-5-6-7-8-9-12-16-15-19(23)22-20(21-16)17-13-10-11-14-18(17)24-4-2/h10-11,13-15H,3-9,12H2,1-2H3,(H,21,22,23). The molecule has 1 aromatic carbocycles. The molecule has 0 radical (unpaired) electrons. The molecule has 0 saturated carbocycles. The number of para-hydroxylation sites is 1. The summed E-state index contributed by atoms with van der Waals surface area (Å²) in [7, 11) is 0. The van der Waals surface area contributed by atoms with Crippen molar-refractivity contribution >= 4 is 0 Å². The molecule has 1 heterocycles. The summed E-state index contributed by atoms with van der Waals surface area (Å²) in [5.41, 5.74) is 1.59. The minimum absolute atomic E-state index is 0.104. The molecule has 1 aromatic heterocycles. The van der Waals surface area contributed by atoms with E-state index < -0.39 is 0 Å². The van der Waals surface area contributed by atoms with Gasteiger partial charge in [0.1, 0.15) is 11.6 Å². The van der Waals surface area contributed by atoms with Crippen molar-refractivity contribution in [3.05, 3.63) is 46.4 Å². The molecule has 0 saturated heterocycles. The Balaban J connectivity index is 2.07. The van der Waals surface area contributed by atoms with Gasteiger partial charge in [0.25, 0.3) is 5.56 Å². The van der Waals surface area contributed by atoms with Gasteiger partial charge in [-0.2, -0.15) is 0 Å². The lowest BCUT2D eigenvalue weighted by atomic mass is 10.1. The van der Waals surface area contributed by atoms with Crippen molar-refractivity contribution in [1.29, 1.82) is 0 Å². The topological polar surface area (TPSA) is 55.0 Å². The number of ether oxygens (including phenoxy) is 1. The van der Waals surface area contributed by atoms with Crippen LogP contribution in [0.25, 0.3) is 11.4 Å². The van der Waals surface area contributed by atoms with E-state index in [1.54, 1.807) is 6.07 Å². The summed E-state index contributed by atoms with van der Waals surface area (Å²) < 4.78 is 5.65. The molecular weight excluding hydrogens is 300 g/mol. The summed E-state index contributed by atoms with van der Waals surface area (Å²) in [6.07, 6.45) is 8.25. The molecular formula is C20H28N2O2. The molecule has 0 spiro atoms. The molecule has 2 aromatic rings. The van der Waals surface area contributed by atoms with Crippen molar-refractivity contribution in [1.82, 2.24) is 9.97 Å². The fourth-order valence-corrected chi connectivity index (χ4v) is 2.79. The van der Waals surface area contributed by atoms with Gasteiger partial charge in [0.15, 0.2) is 0 Å². The zero-order valence-electron chi connectivity index (χ0n) is 14.8. The predicted octanol–water partition coefficient (Wildman–Crippen LogP) is 4.74. The summed E-state index contributed by atoms with van der Waals surface area (Å²) in [6, 6.07) is 9.29. The van der Waals surface area contributed by atoms with Crippen LogP contribution in [0.3, 0.4) is 0 Å². The molecule has 0 aliphatic heterocycles. The number of aromatic amines is 1. The number of nitrogens with zero attached hydrogens (tertiary/aromatic N) is 1. The largest absolute Gasteiger partial charge is 0.493 e. The molecule has 4 heteroatoms. The van der Waals surface area contributed by atoms with Crippen molar-refractivity contribution in [3.8, 4) is 17.1 Å². The molecule has 0 bridgehead atoms. The van der Waals surface area contributed by atoms with Crippen LogP contribution in [-0.4, -0.2) is 16.6 Å². The van der Waals surface area contributed by atoms with Crippen LogP contribution in [0.4, 0.5) is 0 Å². The number of benzene rings is 1. The van der Waals surface area contributed by atoms with Gasteiger partial charge in [0.2, 0.25) is 0 Å². The van der Waals surface area contributed by atoms with Crippen LogP contribution in [0.5, 0.6) is 5.75 Å². The fraction of sp³-hybridized carbons (Fsp3) is 0.500. The minimum atomic E-state index is -0.104. The molecule has 0 aliphatic carbocycles. The minimum Gasteiger partial charge on any atom is -0.493 e. The van der Waals surface area contributed by atoms with Crippen molar-refractivity contribution in [2.75, 3.05) is 6.61 Å². The van der Waals surface area contributed by atoms with Gasteiger partial charge in [0, 0.05) is 11.8 Å². The first-order chi connectivity index (χ1) is 11.7. The molecule has 4 nitrogen and oxygen atoms in total. The van der Waals surface area contributed by atoms with Gasteiger partial charge in [-0.15, -0.1) is 0 Å². The van der Waals surface area contributed by atoms with E-state index in [-0.39, 0.29) is 5.56 Å². The van der Waals surface area contributed by atoms with Crippen LogP contribution in [0, 0.1) is 0 Å². The third-order valence-electron chi connectivity index (χ3n) is 4.02. The van der Waals surface area contributed by atoms with Crippen molar-refractivity contribution in [2.45, 2.75) is 58.8 Å². The average molecular weight is 328 g/mol. The van der Waals surface area contributed by atoms with Crippen LogP contribution < -0.4 is 10.3 Å². The monoisotopic (exact) mass is 328 g/mol. The summed E-state index contributed by atoms with van der Waals surface area (Å²) in [5.74, 6) is 1.34. The normalized spacial score (nSPS) is 10.8. The fourth-order valence-electron chi connectivity index (χ4n) is 2.79. The van der Waals surface area contributed by atoms with Gasteiger partial charge >= 0.3 is 0 Å². The second kappa shape index (κ2) is 9.91. The number of hydrogen-bond acceptors (Lipinski definition) is 3. The quantitative estimate of drug-likeness (QED) is 0.641. The molecule has 2 rings (SSSR count). The van der Waals surface area contributed by atoms with E-state index in [0.717, 1.165) is 29.8 Å². The third-order valence-corrected chi connectivity index (χ3v) is 4.02. The summed E-state index contributed by atoms with van der Waals surface area (Å²) in [5, 5.41) is 0. The highest BCUT2D eigenvalue weighted by molar-refractivity contribution is 5.63. The molecule has 24 heavy (non-hydrogen) atoms. The van der Waals surface area contributed by atoms with Crippen molar-refractivity contribution in [3.63, 3.8) is 0 Å². The Morgan fingerprint density at radius 3 is 2.58 bits per heavy atom. The van der Waals surface area contributed by atoms with E-state index in [2.05, 4.69) is 16.9 Å². The number of H-pyrrole nitrogens is 1. The van der Waals surface area contributed by atoms with Gasteiger partial charge in [-0.25, -0.2) is 4.98 Å². The second-order valence-electron chi connectivity index (χ2n) is 6.03. The van der Waals surface area contributed by atoms with Gasteiger partial charge in [-0.3, -0.25) is 4.79 Å². The SMILES string of the molecule is CCCCCCCCc1cc(=O)[nH]c(-c2ccccc2OCC)n1. The number of hydrogen-bond donors (Lipinski definition) is 1. The van der Waals surface area contributed by atoms with Crippen LogP contribution in [0.1, 0.15) is 58.1 Å². The highest BCUT2D eigenvalue weighted by Crippen LogP contribution is 2.26.